The first kappa shape index (κ1) is 11.5. The van der Waals surface area contributed by atoms with Gasteiger partial charge < -0.3 is 15.0 Å². The smallest absolute Gasteiger partial charge is 0.146 e. The van der Waals surface area contributed by atoms with E-state index in [1.54, 1.807) is 0 Å². The minimum Gasteiger partial charge on any atom is -0.378 e. The standard InChI is InChI=1S/C11H20N4O/c1-15-10(13-14-11(15)8-12)6-5-9-4-2-3-7-16-9/h9H,2-8,12H2,1H3. The maximum Gasteiger partial charge on any atom is 0.146 e. The van der Waals surface area contributed by atoms with E-state index < -0.39 is 0 Å². The van der Waals surface area contributed by atoms with Gasteiger partial charge in [-0.3, -0.25) is 0 Å². The molecule has 0 aromatic carbocycles. The van der Waals surface area contributed by atoms with Crippen molar-refractivity contribution in [3.63, 3.8) is 0 Å². The number of nitrogens with zero attached hydrogens (tertiary/aromatic N) is 3. The van der Waals surface area contributed by atoms with E-state index in [0.717, 1.165) is 31.1 Å². The first-order chi connectivity index (χ1) is 7.81. The summed E-state index contributed by atoms with van der Waals surface area (Å²) in [5.74, 6) is 1.86. The molecule has 1 unspecified atom stereocenters. The van der Waals surface area contributed by atoms with Gasteiger partial charge in [0.2, 0.25) is 0 Å². The number of aromatic nitrogens is 3. The first-order valence-electron chi connectivity index (χ1n) is 6.00. The molecule has 5 nitrogen and oxygen atoms in total. The third kappa shape index (κ3) is 2.59. The summed E-state index contributed by atoms with van der Waals surface area (Å²) in [6, 6.07) is 0. The van der Waals surface area contributed by atoms with E-state index in [1.807, 2.05) is 11.6 Å². The van der Waals surface area contributed by atoms with Gasteiger partial charge in [-0.15, -0.1) is 10.2 Å². The van der Waals surface area contributed by atoms with Crippen LogP contribution in [0.5, 0.6) is 0 Å². The number of ether oxygens (including phenoxy) is 1. The topological polar surface area (TPSA) is 66.0 Å². The first-order valence-corrected chi connectivity index (χ1v) is 6.00. The van der Waals surface area contributed by atoms with Gasteiger partial charge in [0, 0.05) is 20.1 Å². The number of nitrogens with two attached hydrogens (primary N) is 1. The van der Waals surface area contributed by atoms with Gasteiger partial charge in [-0.1, -0.05) is 0 Å². The summed E-state index contributed by atoms with van der Waals surface area (Å²) in [7, 11) is 1.97. The molecule has 0 saturated carbocycles. The minimum atomic E-state index is 0.409. The summed E-state index contributed by atoms with van der Waals surface area (Å²) in [5.41, 5.74) is 5.55. The van der Waals surface area contributed by atoms with Crippen LogP contribution in [0.4, 0.5) is 0 Å². The maximum absolute atomic E-state index is 5.69. The van der Waals surface area contributed by atoms with Crippen LogP contribution in [0.3, 0.4) is 0 Å². The normalized spacial score (nSPS) is 21.2. The van der Waals surface area contributed by atoms with E-state index in [0.29, 0.717) is 12.6 Å². The monoisotopic (exact) mass is 224 g/mol. The summed E-state index contributed by atoms with van der Waals surface area (Å²) in [4.78, 5) is 0. The van der Waals surface area contributed by atoms with Crippen LogP contribution >= 0.6 is 0 Å². The quantitative estimate of drug-likeness (QED) is 0.820. The van der Waals surface area contributed by atoms with Gasteiger partial charge in [-0.2, -0.15) is 0 Å². The van der Waals surface area contributed by atoms with Crippen molar-refractivity contribution in [1.82, 2.24) is 14.8 Å². The van der Waals surface area contributed by atoms with Crippen LogP contribution in [0.2, 0.25) is 0 Å². The second-order valence-corrected chi connectivity index (χ2v) is 4.32. The summed E-state index contributed by atoms with van der Waals surface area (Å²) in [5, 5.41) is 8.19. The van der Waals surface area contributed by atoms with Crippen molar-refractivity contribution in [2.24, 2.45) is 12.8 Å². The molecular formula is C11H20N4O. The van der Waals surface area contributed by atoms with E-state index >= 15 is 0 Å². The Labute approximate surface area is 96.0 Å². The van der Waals surface area contributed by atoms with Crippen LogP contribution in [0.15, 0.2) is 0 Å². The zero-order valence-electron chi connectivity index (χ0n) is 9.85. The zero-order valence-corrected chi connectivity index (χ0v) is 9.85. The fourth-order valence-electron chi connectivity index (χ4n) is 2.12. The lowest BCUT2D eigenvalue weighted by Crippen LogP contribution is -2.20. The molecule has 2 rings (SSSR count). The van der Waals surface area contributed by atoms with Gasteiger partial charge in [-0.05, 0) is 25.7 Å². The Morgan fingerprint density at radius 1 is 1.38 bits per heavy atom. The average molecular weight is 224 g/mol. The molecule has 16 heavy (non-hydrogen) atoms. The van der Waals surface area contributed by atoms with Crippen molar-refractivity contribution >= 4 is 0 Å². The van der Waals surface area contributed by atoms with Crippen LogP contribution in [0.1, 0.15) is 37.3 Å². The van der Waals surface area contributed by atoms with Gasteiger partial charge in [0.25, 0.3) is 0 Å². The molecule has 5 heteroatoms. The van der Waals surface area contributed by atoms with Crippen molar-refractivity contribution in [3.8, 4) is 0 Å². The van der Waals surface area contributed by atoms with Crippen molar-refractivity contribution < 1.29 is 4.74 Å². The number of hydrogen-bond acceptors (Lipinski definition) is 4. The molecule has 0 spiro atoms. The number of hydrogen-bond donors (Lipinski definition) is 1. The van der Waals surface area contributed by atoms with Crippen LogP contribution in [-0.4, -0.2) is 27.5 Å². The predicted molar refractivity (Wildman–Crippen MR) is 60.8 cm³/mol. The van der Waals surface area contributed by atoms with Crippen LogP contribution in [0, 0.1) is 0 Å². The predicted octanol–water partition coefficient (Wildman–Crippen LogP) is 0.775. The van der Waals surface area contributed by atoms with Gasteiger partial charge in [0.15, 0.2) is 0 Å². The molecule has 1 atom stereocenters. The van der Waals surface area contributed by atoms with Gasteiger partial charge in [0.05, 0.1) is 12.6 Å². The SMILES string of the molecule is Cn1c(CN)nnc1CCC1CCCCO1. The fraction of sp³-hybridized carbons (Fsp3) is 0.818. The van der Waals surface area contributed by atoms with Crippen molar-refractivity contribution in [2.75, 3.05) is 6.61 Å². The number of rotatable bonds is 4. The number of aryl methyl sites for hydroxylation is 1. The van der Waals surface area contributed by atoms with Crippen molar-refractivity contribution in [1.29, 1.82) is 0 Å². The third-order valence-electron chi connectivity index (χ3n) is 3.20. The summed E-state index contributed by atoms with van der Waals surface area (Å²) in [6.45, 7) is 1.36. The molecule has 0 radical (unpaired) electrons. The Morgan fingerprint density at radius 2 is 2.19 bits per heavy atom. The molecule has 0 aliphatic carbocycles. The molecule has 1 aromatic rings. The molecule has 2 N–H and O–H groups in total. The molecule has 1 aromatic heterocycles. The zero-order chi connectivity index (χ0) is 11.4. The molecule has 0 amide bonds. The average Bonchev–Trinajstić information content (AvgIpc) is 2.69. The lowest BCUT2D eigenvalue weighted by atomic mass is 10.0. The van der Waals surface area contributed by atoms with E-state index in [2.05, 4.69) is 10.2 Å². The van der Waals surface area contributed by atoms with Crippen LogP contribution in [-0.2, 0) is 24.8 Å². The van der Waals surface area contributed by atoms with E-state index in [-0.39, 0.29) is 0 Å². The van der Waals surface area contributed by atoms with E-state index in [4.69, 9.17) is 10.5 Å². The van der Waals surface area contributed by atoms with Gasteiger partial charge in [0.1, 0.15) is 11.6 Å². The molecule has 1 saturated heterocycles. The molecule has 2 heterocycles. The Hall–Kier alpha value is -0.940. The highest BCUT2D eigenvalue weighted by atomic mass is 16.5. The maximum atomic E-state index is 5.69. The summed E-state index contributed by atoms with van der Waals surface area (Å²) >= 11 is 0. The highest BCUT2D eigenvalue weighted by molar-refractivity contribution is 4.94. The molecule has 0 bridgehead atoms. The molecule has 90 valence electrons. The van der Waals surface area contributed by atoms with Gasteiger partial charge in [-0.25, -0.2) is 0 Å². The molecule has 1 aliphatic rings. The Balaban J connectivity index is 1.86. The third-order valence-corrected chi connectivity index (χ3v) is 3.20. The lowest BCUT2D eigenvalue weighted by Gasteiger charge is -2.22. The Bertz CT molecular complexity index is 331. The second-order valence-electron chi connectivity index (χ2n) is 4.32. The molecule has 1 aliphatic heterocycles. The Morgan fingerprint density at radius 3 is 2.81 bits per heavy atom. The molecular weight excluding hydrogens is 204 g/mol. The van der Waals surface area contributed by atoms with Crippen molar-refractivity contribution in [2.45, 2.75) is 44.8 Å². The Kier molecular flexibility index (Phi) is 3.90. The highest BCUT2D eigenvalue weighted by Crippen LogP contribution is 2.17. The van der Waals surface area contributed by atoms with Crippen molar-refractivity contribution in [3.05, 3.63) is 11.6 Å². The van der Waals surface area contributed by atoms with E-state index in [1.165, 1.54) is 19.3 Å². The highest BCUT2D eigenvalue weighted by Gasteiger charge is 2.15. The largest absolute Gasteiger partial charge is 0.378 e. The fourth-order valence-corrected chi connectivity index (χ4v) is 2.12. The summed E-state index contributed by atoms with van der Waals surface area (Å²) in [6.07, 6.45) is 6.05. The van der Waals surface area contributed by atoms with E-state index in [9.17, 15) is 0 Å². The second kappa shape index (κ2) is 5.41. The summed E-state index contributed by atoms with van der Waals surface area (Å²) < 4.78 is 7.68. The minimum absolute atomic E-state index is 0.409. The van der Waals surface area contributed by atoms with Gasteiger partial charge >= 0.3 is 0 Å². The molecule has 1 fully saturated rings. The van der Waals surface area contributed by atoms with Crippen LogP contribution in [0.25, 0.3) is 0 Å². The van der Waals surface area contributed by atoms with Crippen LogP contribution < -0.4 is 5.73 Å². The lowest BCUT2D eigenvalue weighted by molar-refractivity contribution is 0.0111.